The second-order valence-corrected chi connectivity index (χ2v) is 5.01. The van der Waals surface area contributed by atoms with Crippen molar-refractivity contribution in [2.45, 2.75) is 13.0 Å². The van der Waals surface area contributed by atoms with Gasteiger partial charge in [-0.25, -0.2) is 0 Å². The van der Waals surface area contributed by atoms with E-state index < -0.39 is 4.92 Å². The highest BCUT2D eigenvalue weighted by molar-refractivity contribution is 6.35. The largest absolute Gasteiger partial charge is 0.386 e. The first-order chi connectivity index (χ1) is 9.49. The molecule has 0 amide bonds. The Balaban J connectivity index is 2.28. The topological polar surface area (TPSA) is 68.1 Å². The molecule has 0 radical (unpaired) electrons. The summed E-state index contributed by atoms with van der Waals surface area (Å²) in [4.78, 5) is 14.1. The lowest BCUT2D eigenvalue weighted by Gasteiger charge is -2.16. The number of halogens is 2. The minimum Gasteiger partial charge on any atom is -0.372 e. The van der Waals surface area contributed by atoms with E-state index in [2.05, 4.69) is 10.3 Å². The number of pyridine rings is 1. The molecule has 1 unspecified atom stereocenters. The molecule has 104 valence electrons. The molecule has 1 N–H and O–H groups in total. The van der Waals surface area contributed by atoms with Crippen molar-refractivity contribution >= 4 is 34.7 Å². The van der Waals surface area contributed by atoms with Gasteiger partial charge < -0.3 is 15.4 Å². The smallest absolute Gasteiger partial charge is 0.372 e. The monoisotopic (exact) mass is 311 g/mol. The van der Waals surface area contributed by atoms with Crippen LogP contribution < -0.4 is 5.32 Å². The number of hydrogen-bond donors (Lipinski definition) is 1. The SMILES string of the molecule is CC(Nc1cccnc1[N+](=O)[O-])c1ccc(Cl)cc1Cl. The summed E-state index contributed by atoms with van der Waals surface area (Å²) in [5, 5.41) is 15.0. The number of hydrogen-bond acceptors (Lipinski definition) is 4. The zero-order chi connectivity index (χ0) is 14.7. The van der Waals surface area contributed by atoms with Gasteiger partial charge >= 0.3 is 5.82 Å². The molecule has 2 rings (SSSR count). The minimum atomic E-state index is -0.529. The standard InChI is InChI=1S/C13H11Cl2N3O2/c1-8(10-5-4-9(14)7-11(10)15)17-12-3-2-6-16-13(12)18(19)20/h2-8,17H,1H3. The molecule has 7 heteroatoms. The molecule has 0 saturated heterocycles. The molecule has 0 saturated carbocycles. The van der Waals surface area contributed by atoms with Gasteiger partial charge in [0.05, 0.1) is 6.04 Å². The van der Waals surface area contributed by atoms with Gasteiger partial charge in [-0.1, -0.05) is 29.3 Å². The molecule has 0 spiro atoms. The van der Waals surface area contributed by atoms with Crippen LogP contribution in [0, 0.1) is 10.1 Å². The average Bonchev–Trinajstić information content (AvgIpc) is 2.38. The van der Waals surface area contributed by atoms with Crippen molar-refractivity contribution in [2.75, 3.05) is 5.32 Å². The van der Waals surface area contributed by atoms with Gasteiger partial charge in [0.15, 0.2) is 0 Å². The lowest BCUT2D eigenvalue weighted by molar-refractivity contribution is -0.388. The van der Waals surface area contributed by atoms with Crippen LogP contribution in [0.15, 0.2) is 36.5 Å². The number of nitrogens with one attached hydrogen (secondary N) is 1. The van der Waals surface area contributed by atoms with Crippen LogP contribution in [-0.2, 0) is 0 Å². The maximum atomic E-state index is 10.9. The fraction of sp³-hybridized carbons (Fsp3) is 0.154. The van der Waals surface area contributed by atoms with Crippen LogP contribution in [0.3, 0.4) is 0 Å². The average molecular weight is 312 g/mol. The van der Waals surface area contributed by atoms with Gasteiger partial charge in [-0.2, -0.15) is 0 Å². The first-order valence-electron chi connectivity index (χ1n) is 5.80. The van der Waals surface area contributed by atoms with Crippen molar-refractivity contribution in [3.8, 4) is 0 Å². The summed E-state index contributed by atoms with van der Waals surface area (Å²) in [6.45, 7) is 1.85. The van der Waals surface area contributed by atoms with Crippen LogP contribution in [0.5, 0.6) is 0 Å². The van der Waals surface area contributed by atoms with Crippen LogP contribution in [0.2, 0.25) is 10.0 Å². The molecule has 1 atom stereocenters. The minimum absolute atomic E-state index is 0.218. The van der Waals surface area contributed by atoms with E-state index in [-0.39, 0.29) is 11.9 Å². The molecule has 5 nitrogen and oxygen atoms in total. The van der Waals surface area contributed by atoms with E-state index in [1.165, 1.54) is 6.20 Å². The van der Waals surface area contributed by atoms with Crippen LogP contribution in [-0.4, -0.2) is 9.91 Å². The molecule has 1 aromatic heterocycles. The first kappa shape index (κ1) is 14.6. The molecule has 1 aromatic carbocycles. The van der Waals surface area contributed by atoms with Crippen LogP contribution in [0.25, 0.3) is 0 Å². The Morgan fingerprint density at radius 3 is 2.75 bits per heavy atom. The van der Waals surface area contributed by atoms with Crippen molar-refractivity contribution in [1.29, 1.82) is 0 Å². The first-order valence-corrected chi connectivity index (χ1v) is 6.55. The Morgan fingerprint density at radius 1 is 1.35 bits per heavy atom. The number of aromatic nitrogens is 1. The highest BCUT2D eigenvalue weighted by Crippen LogP contribution is 2.30. The normalized spacial score (nSPS) is 11.9. The molecule has 0 fully saturated rings. The van der Waals surface area contributed by atoms with E-state index in [0.29, 0.717) is 15.7 Å². The van der Waals surface area contributed by atoms with Gasteiger partial charge in [0.25, 0.3) is 0 Å². The van der Waals surface area contributed by atoms with Gasteiger partial charge in [-0.15, -0.1) is 0 Å². The molecule has 2 aromatic rings. The Morgan fingerprint density at radius 2 is 2.10 bits per heavy atom. The third-order valence-corrected chi connectivity index (χ3v) is 3.32. The summed E-state index contributed by atoms with van der Waals surface area (Å²) in [5.41, 5.74) is 1.14. The van der Waals surface area contributed by atoms with Crippen LogP contribution >= 0.6 is 23.2 Å². The predicted molar refractivity (Wildman–Crippen MR) is 79.4 cm³/mol. The number of nitrogens with zero attached hydrogens (tertiary/aromatic N) is 2. The van der Waals surface area contributed by atoms with Gasteiger partial charge in [-0.05, 0) is 46.7 Å². The molecule has 20 heavy (non-hydrogen) atoms. The third kappa shape index (κ3) is 3.18. The second kappa shape index (κ2) is 6.07. The number of rotatable bonds is 4. The second-order valence-electron chi connectivity index (χ2n) is 4.16. The molecular weight excluding hydrogens is 301 g/mol. The van der Waals surface area contributed by atoms with Crippen molar-refractivity contribution in [2.24, 2.45) is 0 Å². The maximum absolute atomic E-state index is 10.9. The van der Waals surface area contributed by atoms with Gasteiger partial charge in [0.1, 0.15) is 11.9 Å². The highest BCUT2D eigenvalue weighted by atomic mass is 35.5. The zero-order valence-corrected chi connectivity index (χ0v) is 12.0. The van der Waals surface area contributed by atoms with E-state index in [9.17, 15) is 10.1 Å². The Labute approximate surface area is 125 Å². The van der Waals surface area contributed by atoms with E-state index in [4.69, 9.17) is 23.2 Å². The van der Waals surface area contributed by atoms with Gasteiger partial charge in [0.2, 0.25) is 0 Å². The fourth-order valence-electron chi connectivity index (χ4n) is 1.82. The summed E-state index contributed by atoms with van der Waals surface area (Å²) in [6.07, 6.45) is 1.38. The maximum Gasteiger partial charge on any atom is 0.386 e. The molecule has 0 bridgehead atoms. The zero-order valence-electron chi connectivity index (χ0n) is 10.5. The summed E-state index contributed by atoms with van der Waals surface area (Å²) in [5.74, 6) is -0.218. The number of nitro groups is 1. The molecule has 0 aliphatic heterocycles. The summed E-state index contributed by atoms with van der Waals surface area (Å²) in [7, 11) is 0. The number of benzene rings is 1. The van der Waals surface area contributed by atoms with E-state index >= 15 is 0 Å². The van der Waals surface area contributed by atoms with E-state index in [1.807, 2.05) is 6.92 Å². The van der Waals surface area contributed by atoms with Crippen molar-refractivity contribution < 1.29 is 4.92 Å². The number of anilines is 1. The van der Waals surface area contributed by atoms with Crippen LogP contribution in [0.1, 0.15) is 18.5 Å². The summed E-state index contributed by atoms with van der Waals surface area (Å²) >= 11 is 12.0. The third-order valence-electron chi connectivity index (χ3n) is 2.76. The Bertz CT molecular complexity index is 649. The predicted octanol–water partition coefficient (Wildman–Crippen LogP) is 4.47. The molecule has 1 heterocycles. The molecule has 0 aliphatic rings. The van der Waals surface area contributed by atoms with Gasteiger partial charge in [-0.3, -0.25) is 0 Å². The van der Waals surface area contributed by atoms with Crippen molar-refractivity contribution in [3.05, 3.63) is 62.3 Å². The molecule has 0 aliphatic carbocycles. The molecular formula is C13H11Cl2N3O2. The lowest BCUT2D eigenvalue weighted by atomic mass is 10.1. The lowest BCUT2D eigenvalue weighted by Crippen LogP contribution is -2.09. The van der Waals surface area contributed by atoms with E-state index in [0.717, 1.165) is 5.56 Å². The summed E-state index contributed by atoms with van der Waals surface area (Å²) in [6, 6.07) is 8.15. The highest BCUT2D eigenvalue weighted by Gasteiger charge is 2.17. The Kier molecular flexibility index (Phi) is 4.42. The fourth-order valence-corrected chi connectivity index (χ4v) is 2.39. The van der Waals surface area contributed by atoms with Crippen molar-refractivity contribution in [1.82, 2.24) is 4.98 Å². The quantitative estimate of drug-likeness (QED) is 0.668. The van der Waals surface area contributed by atoms with Crippen molar-refractivity contribution in [3.63, 3.8) is 0 Å². The van der Waals surface area contributed by atoms with Gasteiger partial charge in [0, 0.05) is 10.0 Å². The van der Waals surface area contributed by atoms with Crippen LogP contribution in [0.4, 0.5) is 11.5 Å². The van der Waals surface area contributed by atoms with E-state index in [1.54, 1.807) is 30.3 Å². The summed E-state index contributed by atoms with van der Waals surface area (Å²) < 4.78 is 0. The Hall–Kier alpha value is -1.85.